The molecule has 7 heteroatoms. The first kappa shape index (κ1) is 16.5. The first-order valence-electron chi connectivity index (χ1n) is 5.92. The molecule has 1 rings (SSSR count). The first-order valence-corrected chi connectivity index (χ1v) is 5.92. The van der Waals surface area contributed by atoms with Crippen molar-refractivity contribution < 1.29 is 27.8 Å². The molecule has 112 valence electrons. The highest BCUT2D eigenvalue weighted by molar-refractivity contribution is 5.81. The van der Waals surface area contributed by atoms with Crippen LogP contribution in [0.5, 0.6) is 0 Å². The number of hydrogen-bond donors (Lipinski definition) is 2. The Morgan fingerprint density at radius 1 is 1.30 bits per heavy atom. The van der Waals surface area contributed by atoms with Gasteiger partial charge < -0.3 is 10.8 Å². The second-order valence-electron chi connectivity index (χ2n) is 4.50. The van der Waals surface area contributed by atoms with Crippen LogP contribution in [0, 0.1) is 6.92 Å². The van der Waals surface area contributed by atoms with Crippen molar-refractivity contribution >= 4 is 5.97 Å². The highest BCUT2D eigenvalue weighted by Crippen LogP contribution is 2.29. The van der Waals surface area contributed by atoms with Crippen molar-refractivity contribution in [1.29, 1.82) is 0 Å². The zero-order valence-corrected chi connectivity index (χ0v) is 10.9. The number of benzene rings is 1. The van der Waals surface area contributed by atoms with Gasteiger partial charge in [-0.3, -0.25) is 9.53 Å². The molecule has 0 aliphatic heterocycles. The minimum atomic E-state index is -4.79. The molecule has 4 nitrogen and oxygen atoms in total. The van der Waals surface area contributed by atoms with E-state index in [0.717, 1.165) is 5.56 Å². The van der Waals surface area contributed by atoms with Gasteiger partial charge in [0, 0.05) is 6.54 Å². The number of aryl methyl sites for hydroxylation is 1. The molecule has 0 spiro atoms. The summed E-state index contributed by atoms with van der Waals surface area (Å²) in [7, 11) is 0. The average molecular weight is 291 g/mol. The number of nitrogens with two attached hydrogens (primary N) is 1. The average Bonchev–Trinajstić information content (AvgIpc) is 2.34. The van der Waals surface area contributed by atoms with E-state index in [2.05, 4.69) is 4.74 Å². The third kappa shape index (κ3) is 3.94. The van der Waals surface area contributed by atoms with Gasteiger partial charge in [-0.15, -0.1) is 13.2 Å². The summed E-state index contributed by atoms with van der Waals surface area (Å²) < 4.78 is 39.6. The van der Waals surface area contributed by atoms with Crippen LogP contribution < -0.4 is 5.73 Å². The number of rotatable bonds is 6. The summed E-state index contributed by atoms with van der Waals surface area (Å²) in [5.74, 6) is -1.27. The Bertz CT molecular complexity index is 459. The van der Waals surface area contributed by atoms with E-state index in [0.29, 0.717) is 5.56 Å². The fraction of sp³-hybridized carbons (Fsp3) is 0.462. The number of carbonyl (C=O) groups is 1. The van der Waals surface area contributed by atoms with Crippen LogP contribution in [-0.4, -0.2) is 30.6 Å². The number of aliphatic carboxylic acids is 1. The summed E-state index contributed by atoms with van der Waals surface area (Å²) in [5.41, 5.74) is 5.20. The van der Waals surface area contributed by atoms with Crippen LogP contribution in [0.2, 0.25) is 0 Å². The summed E-state index contributed by atoms with van der Waals surface area (Å²) in [6.45, 7) is 0.745. The third-order valence-corrected chi connectivity index (χ3v) is 3.16. The second-order valence-corrected chi connectivity index (χ2v) is 4.50. The summed E-state index contributed by atoms with van der Waals surface area (Å²) in [6.07, 6.45) is -5.15. The van der Waals surface area contributed by atoms with E-state index in [-0.39, 0.29) is 13.0 Å². The van der Waals surface area contributed by atoms with Gasteiger partial charge in [0.25, 0.3) is 0 Å². The van der Waals surface area contributed by atoms with Gasteiger partial charge in [0.05, 0.1) is 6.61 Å². The maximum absolute atomic E-state index is 12.0. The van der Waals surface area contributed by atoms with Crippen molar-refractivity contribution in [3.63, 3.8) is 0 Å². The molecule has 1 atom stereocenters. The fourth-order valence-electron chi connectivity index (χ4n) is 1.90. The van der Waals surface area contributed by atoms with Gasteiger partial charge in [0.15, 0.2) is 0 Å². The monoisotopic (exact) mass is 291 g/mol. The van der Waals surface area contributed by atoms with Gasteiger partial charge in [-0.05, 0) is 18.9 Å². The van der Waals surface area contributed by atoms with E-state index in [1.807, 2.05) is 6.92 Å². The Morgan fingerprint density at radius 3 is 2.25 bits per heavy atom. The molecule has 0 aliphatic carbocycles. The van der Waals surface area contributed by atoms with Gasteiger partial charge in [0.1, 0.15) is 5.41 Å². The smallest absolute Gasteiger partial charge is 0.481 e. The van der Waals surface area contributed by atoms with Crippen molar-refractivity contribution in [2.24, 2.45) is 5.73 Å². The minimum Gasteiger partial charge on any atom is -0.481 e. The number of hydrogen-bond acceptors (Lipinski definition) is 3. The van der Waals surface area contributed by atoms with Crippen molar-refractivity contribution in [2.45, 2.75) is 25.1 Å². The van der Waals surface area contributed by atoms with Crippen LogP contribution in [-0.2, 0) is 14.9 Å². The van der Waals surface area contributed by atoms with E-state index in [1.165, 1.54) is 0 Å². The lowest BCUT2D eigenvalue weighted by Gasteiger charge is -2.28. The van der Waals surface area contributed by atoms with Crippen LogP contribution in [0.1, 0.15) is 17.5 Å². The van der Waals surface area contributed by atoms with Crippen molar-refractivity contribution in [2.75, 3.05) is 13.2 Å². The summed E-state index contributed by atoms with van der Waals surface area (Å²) in [6, 6.07) is 6.49. The van der Waals surface area contributed by atoms with Crippen LogP contribution in [0.25, 0.3) is 0 Å². The molecule has 0 heterocycles. The Morgan fingerprint density at radius 2 is 1.85 bits per heavy atom. The molecular weight excluding hydrogens is 275 g/mol. The normalized spacial score (nSPS) is 14.8. The Kier molecular flexibility index (Phi) is 5.13. The lowest BCUT2D eigenvalue weighted by Crippen LogP contribution is -2.44. The highest BCUT2D eigenvalue weighted by Gasteiger charge is 2.40. The van der Waals surface area contributed by atoms with Crippen molar-refractivity contribution in [3.05, 3.63) is 35.4 Å². The molecule has 0 saturated heterocycles. The largest absolute Gasteiger partial charge is 0.522 e. The van der Waals surface area contributed by atoms with Crippen molar-refractivity contribution in [1.82, 2.24) is 0 Å². The van der Waals surface area contributed by atoms with Crippen LogP contribution in [0.15, 0.2) is 24.3 Å². The number of ether oxygens (including phenoxy) is 1. The number of carboxylic acids is 1. The van der Waals surface area contributed by atoms with Gasteiger partial charge in [0.2, 0.25) is 0 Å². The molecule has 0 aliphatic rings. The van der Waals surface area contributed by atoms with E-state index in [9.17, 15) is 23.1 Å². The Hall–Kier alpha value is -1.60. The number of alkyl halides is 3. The fourth-order valence-corrected chi connectivity index (χ4v) is 1.90. The maximum atomic E-state index is 12.0. The third-order valence-electron chi connectivity index (χ3n) is 3.16. The van der Waals surface area contributed by atoms with Crippen LogP contribution in [0.3, 0.4) is 0 Å². The van der Waals surface area contributed by atoms with Crippen LogP contribution >= 0.6 is 0 Å². The SMILES string of the molecule is Cc1ccc(C(CN)(CCOC(F)(F)F)C(=O)O)cc1. The predicted octanol–water partition coefficient (Wildman–Crippen LogP) is 2.20. The molecule has 3 N–H and O–H groups in total. The quantitative estimate of drug-likeness (QED) is 0.842. The van der Waals surface area contributed by atoms with E-state index in [4.69, 9.17) is 5.73 Å². The minimum absolute atomic E-state index is 0.313. The molecule has 1 aromatic carbocycles. The van der Waals surface area contributed by atoms with E-state index >= 15 is 0 Å². The van der Waals surface area contributed by atoms with Gasteiger partial charge in [-0.25, -0.2) is 0 Å². The molecule has 0 radical (unpaired) electrons. The molecule has 0 amide bonds. The molecular formula is C13H16F3NO3. The molecule has 1 unspecified atom stereocenters. The van der Waals surface area contributed by atoms with Crippen molar-refractivity contribution in [3.8, 4) is 0 Å². The van der Waals surface area contributed by atoms with Gasteiger partial charge in [-0.2, -0.15) is 0 Å². The maximum Gasteiger partial charge on any atom is 0.522 e. The number of halogens is 3. The summed E-state index contributed by atoms with van der Waals surface area (Å²) >= 11 is 0. The Balaban J connectivity index is 2.97. The van der Waals surface area contributed by atoms with Gasteiger partial charge >= 0.3 is 12.3 Å². The lowest BCUT2D eigenvalue weighted by atomic mass is 9.77. The molecule has 0 bridgehead atoms. The van der Waals surface area contributed by atoms with E-state index in [1.54, 1.807) is 24.3 Å². The molecule has 0 aromatic heterocycles. The van der Waals surface area contributed by atoms with E-state index < -0.39 is 24.4 Å². The molecule has 0 fully saturated rings. The highest BCUT2D eigenvalue weighted by atomic mass is 19.4. The lowest BCUT2D eigenvalue weighted by molar-refractivity contribution is -0.325. The standard InChI is InChI=1S/C13H16F3NO3/c1-9-2-4-10(5-3-9)12(8-17,11(18)19)6-7-20-13(14,15)16/h2-5H,6-8,17H2,1H3,(H,18,19). The molecule has 20 heavy (non-hydrogen) atoms. The summed E-state index contributed by atoms with van der Waals surface area (Å²) in [4.78, 5) is 11.5. The predicted molar refractivity (Wildman–Crippen MR) is 66.2 cm³/mol. The zero-order chi connectivity index (χ0) is 15.4. The number of carboxylic acid groups (broad SMARTS) is 1. The van der Waals surface area contributed by atoms with Gasteiger partial charge in [-0.1, -0.05) is 29.8 Å². The molecule has 1 aromatic rings. The molecule has 0 saturated carbocycles. The Labute approximate surface area is 114 Å². The zero-order valence-electron chi connectivity index (χ0n) is 10.9. The summed E-state index contributed by atoms with van der Waals surface area (Å²) in [5, 5.41) is 9.36. The topological polar surface area (TPSA) is 72.5 Å². The van der Waals surface area contributed by atoms with Crippen LogP contribution in [0.4, 0.5) is 13.2 Å². The second kappa shape index (κ2) is 6.23. The first-order chi connectivity index (χ1) is 9.21.